The lowest BCUT2D eigenvalue weighted by Gasteiger charge is -2.34. The molecule has 0 aliphatic carbocycles. The Hall–Kier alpha value is -2.45. The Kier molecular flexibility index (Phi) is 6.29. The van der Waals surface area contributed by atoms with Crippen LogP contribution in [0, 0.1) is 6.92 Å². The van der Waals surface area contributed by atoms with Crippen LogP contribution in [0.4, 0.5) is 5.13 Å². The maximum atomic E-state index is 12.8. The van der Waals surface area contributed by atoms with Crippen LogP contribution in [0.2, 0.25) is 0 Å². The minimum atomic E-state index is -0.0419. The van der Waals surface area contributed by atoms with E-state index >= 15 is 0 Å². The molecule has 1 amide bonds. The van der Waals surface area contributed by atoms with Crippen LogP contribution in [0.3, 0.4) is 0 Å². The van der Waals surface area contributed by atoms with Crippen molar-refractivity contribution in [1.29, 1.82) is 0 Å². The Bertz CT molecular complexity index is 1030. The van der Waals surface area contributed by atoms with E-state index in [0.717, 1.165) is 39.4 Å². The van der Waals surface area contributed by atoms with Gasteiger partial charge in [0.2, 0.25) is 5.13 Å². The number of nitrogens with zero attached hydrogens (tertiary/aromatic N) is 4. The predicted molar refractivity (Wildman–Crippen MR) is 127 cm³/mol. The van der Waals surface area contributed by atoms with Crippen molar-refractivity contribution in [1.82, 2.24) is 15.1 Å². The van der Waals surface area contributed by atoms with Crippen LogP contribution < -0.4 is 9.64 Å². The number of hydrogen-bond acceptors (Lipinski definition) is 7. The third kappa shape index (κ3) is 5.07. The Morgan fingerprint density at radius 1 is 1.13 bits per heavy atom. The molecular weight excluding hydrogens is 428 g/mol. The first kappa shape index (κ1) is 21.8. The second-order valence-corrected chi connectivity index (χ2v) is 10.7. The van der Waals surface area contributed by atoms with E-state index < -0.39 is 0 Å². The van der Waals surface area contributed by atoms with Crippen LogP contribution in [0.25, 0.3) is 9.88 Å². The van der Waals surface area contributed by atoms with Gasteiger partial charge in [0.25, 0.3) is 5.91 Å². The molecule has 0 unspecified atom stereocenters. The Morgan fingerprint density at radius 2 is 1.90 bits per heavy atom. The molecule has 1 aromatic carbocycles. The highest BCUT2D eigenvalue weighted by molar-refractivity contribution is 7.22. The molecule has 164 valence electrons. The van der Waals surface area contributed by atoms with E-state index in [1.54, 1.807) is 22.7 Å². The summed E-state index contributed by atoms with van der Waals surface area (Å²) in [4.78, 5) is 18.0. The molecule has 0 bridgehead atoms. The summed E-state index contributed by atoms with van der Waals surface area (Å²) in [5, 5.41) is 12.6. The molecule has 0 saturated carbocycles. The van der Waals surface area contributed by atoms with Crippen molar-refractivity contribution in [3.63, 3.8) is 0 Å². The van der Waals surface area contributed by atoms with Crippen LogP contribution in [-0.4, -0.2) is 53.8 Å². The molecule has 0 atom stereocenters. The van der Waals surface area contributed by atoms with Crippen LogP contribution in [0.15, 0.2) is 35.7 Å². The predicted octanol–water partition coefficient (Wildman–Crippen LogP) is 4.60. The summed E-state index contributed by atoms with van der Waals surface area (Å²) in [7, 11) is 0. The van der Waals surface area contributed by atoms with Crippen molar-refractivity contribution in [3.05, 3.63) is 46.8 Å². The van der Waals surface area contributed by atoms with Gasteiger partial charge in [-0.25, -0.2) is 0 Å². The fourth-order valence-electron chi connectivity index (χ4n) is 3.58. The second-order valence-electron chi connectivity index (χ2n) is 8.77. The highest BCUT2D eigenvalue weighted by atomic mass is 32.1. The van der Waals surface area contributed by atoms with Crippen molar-refractivity contribution in [2.45, 2.75) is 33.1 Å². The molecule has 0 N–H and O–H groups in total. The number of amides is 1. The van der Waals surface area contributed by atoms with Crippen molar-refractivity contribution >= 4 is 33.7 Å². The number of piperazine rings is 1. The highest BCUT2D eigenvalue weighted by Gasteiger charge is 2.25. The molecule has 3 aromatic rings. The maximum absolute atomic E-state index is 12.8. The van der Waals surface area contributed by atoms with Crippen LogP contribution in [0.5, 0.6) is 5.75 Å². The largest absolute Gasteiger partial charge is 0.483 e. The van der Waals surface area contributed by atoms with Gasteiger partial charge in [-0.1, -0.05) is 55.9 Å². The molecule has 8 heteroatoms. The molecule has 0 spiro atoms. The SMILES string of the molecule is Cc1ccc(OCC(=O)N2CCN(c3nnc(-c4cccs4)s3)CC2)c(C(C)(C)C)c1. The standard InChI is InChI=1S/C23H28N4O2S2/c1-16-7-8-18(17(14-16)23(2,3)4)29-15-20(28)26-9-11-27(12-10-26)22-25-24-21(31-22)19-6-5-13-30-19/h5-8,13-14H,9-12,15H2,1-4H3. The molecule has 4 rings (SSSR count). The number of anilines is 1. The summed E-state index contributed by atoms with van der Waals surface area (Å²) >= 11 is 3.27. The number of ether oxygens (including phenoxy) is 1. The first-order valence-corrected chi connectivity index (χ1v) is 12.1. The quantitative estimate of drug-likeness (QED) is 0.562. The van der Waals surface area contributed by atoms with Gasteiger partial charge < -0.3 is 14.5 Å². The van der Waals surface area contributed by atoms with E-state index in [1.807, 2.05) is 28.5 Å². The number of thiophene rings is 1. The van der Waals surface area contributed by atoms with Crippen molar-refractivity contribution < 1.29 is 9.53 Å². The Balaban J connectivity index is 1.32. The molecule has 0 radical (unpaired) electrons. The average Bonchev–Trinajstić information content (AvgIpc) is 3.44. The molecule has 1 aliphatic rings. The van der Waals surface area contributed by atoms with Gasteiger partial charge in [-0.2, -0.15) is 0 Å². The van der Waals surface area contributed by atoms with Gasteiger partial charge in [0, 0.05) is 26.2 Å². The van der Waals surface area contributed by atoms with Gasteiger partial charge in [0.15, 0.2) is 11.6 Å². The van der Waals surface area contributed by atoms with E-state index in [1.165, 1.54) is 5.56 Å². The van der Waals surface area contributed by atoms with Crippen molar-refractivity contribution in [2.75, 3.05) is 37.7 Å². The number of carbonyl (C=O) groups is 1. The van der Waals surface area contributed by atoms with Crippen LogP contribution in [-0.2, 0) is 10.2 Å². The third-order valence-corrected chi connectivity index (χ3v) is 7.37. The van der Waals surface area contributed by atoms with Gasteiger partial charge in [-0.05, 0) is 35.4 Å². The lowest BCUT2D eigenvalue weighted by Crippen LogP contribution is -2.50. The fraction of sp³-hybridized carbons (Fsp3) is 0.435. The fourth-order valence-corrected chi connectivity index (χ4v) is 5.27. The van der Waals surface area contributed by atoms with Crippen molar-refractivity contribution in [2.24, 2.45) is 0 Å². The van der Waals surface area contributed by atoms with E-state index in [4.69, 9.17) is 4.74 Å². The van der Waals surface area contributed by atoms with Crippen LogP contribution >= 0.6 is 22.7 Å². The number of rotatable bonds is 5. The second kappa shape index (κ2) is 8.96. The molecule has 2 aromatic heterocycles. The third-order valence-electron chi connectivity index (χ3n) is 5.34. The molecule has 31 heavy (non-hydrogen) atoms. The number of aromatic nitrogens is 2. The molecule has 6 nitrogen and oxygen atoms in total. The molecule has 1 fully saturated rings. The van der Waals surface area contributed by atoms with Crippen molar-refractivity contribution in [3.8, 4) is 15.6 Å². The maximum Gasteiger partial charge on any atom is 0.260 e. The zero-order valence-electron chi connectivity index (χ0n) is 18.4. The summed E-state index contributed by atoms with van der Waals surface area (Å²) in [6.07, 6.45) is 0. The van der Waals surface area contributed by atoms with E-state index in [9.17, 15) is 4.79 Å². The smallest absolute Gasteiger partial charge is 0.260 e. The summed E-state index contributed by atoms with van der Waals surface area (Å²) < 4.78 is 5.97. The van der Waals surface area contributed by atoms with Crippen LogP contribution in [0.1, 0.15) is 31.9 Å². The van der Waals surface area contributed by atoms with Gasteiger partial charge in [-0.15, -0.1) is 21.5 Å². The van der Waals surface area contributed by atoms with Gasteiger partial charge in [0.05, 0.1) is 4.88 Å². The molecule has 1 saturated heterocycles. The van der Waals surface area contributed by atoms with Gasteiger partial charge >= 0.3 is 0 Å². The van der Waals surface area contributed by atoms with E-state index in [-0.39, 0.29) is 17.9 Å². The Labute approximate surface area is 191 Å². The molecular formula is C23H28N4O2S2. The first-order chi connectivity index (χ1) is 14.8. The first-order valence-electron chi connectivity index (χ1n) is 10.5. The normalized spacial score (nSPS) is 14.7. The monoisotopic (exact) mass is 456 g/mol. The Morgan fingerprint density at radius 3 is 2.58 bits per heavy atom. The zero-order valence-corrected chi connectivity index (χ0v) is 20.1. The minimum absolute atomic E-state index is 0.0247. The zero-order chi connectivity index (χ0) is 22.0. The summed E-state index contributed by atoms with van der Waals surface area (Å²) in [5.74, 6) is 0.816. The summed E-state index contributed by atoms with van der Waals surface area (Å²) in [6, 6.07) is 10.2. The van der Waals surface area contributed by atoms with E-state index in [2.05, 4.69) is 54.9 Å². The summed E-state index contributed by atoms with van der Waals surface area (Å²) in [5.41, 5.74) is 2.28. The average molecular weight is 457 g/mol. The number of hydrogen-bond donors (Lipinski definition) is 0. The number of carbonyl (C=O) groups excluding carboxylic acids is 1. The number of benzene rings is 1. The lowest BCUT2D eigenvalue weighted by atomic mass is 9.85. The lowest BCUT2D eigenvalue weighted by molar-refractivity contribution is -0.133. The van der Waals surface area contributed by atoms with Gasteiger partial charge in [0.1, 0.15) is 5.75 Å². The topological polar surface area (TPSA) is 58.6 Å². The summed E-state index contributed by atoms with van der Waals surface area (Å²) in [6.45, 7) is 11.4. The molecule has 1 aliphatic heterocycles. The number of aryl methyl sites for hydroxylation is 1. The van der Waals surface area contributed by atoms with Gasteiger partial charge in [-0.3, -0.25) is 4.79 Å². The highest BCUT2D eigenvalue weighted by Crippen LogP contribution is 2.33. The van der Waals surface area contributed by atoms with E-state index in [0.29, 0.717) is 13.1 Å². The minimum Gasteiger partial charge on any atom is -0.483 e. The molecule has 3 heterocycles.